The van der Waals surface area contributed by atoms with Crippen LogP contribution in [0.4, 0.5) is 4.39 Å². The van der Waals surface area contributed by atoms with Crippen LogP contribution < -0.4 is 10.5 Å². The Bertz CT molecular complexity index is 716. The highest BCUT2D eigenvalue weighted by atomic mass is 32.2. The maximum atomic E-state index is 13.0. The largest absolute Gasteiger partial charge is 0.492 e. The molecule has 0 spiro atoms. The fourth-order valence-electron chi connectivity index (χ4n) is 1.81. The van der Waals surface area contributed by atoms with E-state index in [9.17, 15) is 12.8 Å². The molecule has 0 aromatic heterocycles. The van der Waals surface area contributed by atoms with Gasteiger partial charge in [-0.15, -0.1) is 0 Å². The van der Waals surface area contributed by atoms with E-state index in [0.29, 0.717) is 5.75 Å². The monoisotopic (exact) mass is 309 g/mol. The smallest absolute Gasteiger partial charge is 0.181 e. The van der Waals surface area contributed by atoms with Crippen molar-refractivity contribution < 1.29 is 17.5 Å². The Labute approximate surface area is 123 Å². The zero-order valence-corrected chi connectivity index (χ0v) is 12.1. The lowest BCUT2D eigenvalue weighted by Crippen LogP contribution is -2.14. The molecule has 2 rings (SSSR count). The van der Waals surface area contributed by atoms with Crippen molar-refractivity contribution in [3.05, 3.63) is 59.9 Å². The number of halogens is 1. The molecule has 6 heteroatoms. The van der Waals surface area contributed by atoms with Gasteiger partial charge in [-0.05, 0) is 29.8 Å². The molecule has 0 unspecified atom stereocenters. The molecule has 4 nitrogen and oxygen atoms in total. The van der Waals surface area contributed by atoms with Gasteiger partial charge in [-0.2, -0.15) is 0 Å². The lowest BCUT2D eigenvalue weighted by molar-refractivity contribution is 0.339. The molecule has 0 radical (unpaired) electrons. The Balaban J connectivity index is 2.01. The number of nitrogens with two attached hydrogens (primary N) is 1. The molecule has 0 bridgehead atoms. The Morgan fingerprint density at radius 3 is 2.57 bits per heavy atom. The van der Waals surface area contributed by atoms with Gasteiger partial charge in [-0.3, -0.25) is 0 Å². The second kappa shape index (κ2) is 6.69. The van der Waals surface area contributed by atoms with Crippen LogP contribution in [0, 0.1) is 5.82 Å². The average molecular weight is 309 g/mol. The summed E-state index contributed by atoms with van der Waals surface area (Å²) in [5, 5.41) is 0. The van der Waals surface area contributed by atoms with Crippen molar-refractivity contribution in [2.24, 2.45) is 5.73 Å². The highest BCUT2D eigenvalue weighted by Gasteiger charge is 2.15. The summed E-state index contributed by atoms with van der Waals surface area (Å²) in [5.41, 5.74) is 6.25. The molecule has 0 amide bonds. The predicted octanol–water partition coefficient (Wildman–Crippen LogP) is 2.14. The van der Waals surface area contributed by atoms with Gasteiger partial charge >= 0.3 is 0 Å². The maximum Gasteiger partial charge on any atom is 0.181 e. The number of hydrogen-bond acceptors (Lipinski definition) is 4. The number of sulfone groups is 1. The van der Waals surface area contributed by atoms with Gasteiger partial charge < -0.3 is 10.5 Å². The fourth-order valence-corrected chi connectivity index (χ4v) is 2.97. The van der Waals surface area contributed by atoms with Crippen LogP contribution in [0.15, 0.2) is 53.4 Å². The highest BCUT2D eigenvalue weighted by molar-refractivity contribution is 7.91. The third kappa shape index (κ3) is 4.27. The third-order valence-corrected chi connectivity index (χ3v) is 4.59. The van der Waals surface area contributed by atoms with Gasteiger partial charge in [0.25, 0.3) is 0 Å². The molecule has 2 aromatic carbocycles. The lowest BCUT2D eigenvalue weighted by Gasteiger charge is -2.08. The summed E-state index contributed by atoms with van der Waals surface area (Å²) >= 11 is 0. The number of benzene rings is 2. The molecule has 21 heavy (non-hydrogen) atoms. The molecule has 2 N–H and O–H groups in total. The third-order valence-electron chi connectivity index (χ3n) is 2.91. The van der Waals surface area contributed by atoms with E-state index in [2.05, 4.69) is 0 Å². The Morgan fingerprint density at radius 2 is 1.86 bits per heavy atom. The molecule has 0 aliphatic carbocycles. The molecule has 0 aliphatic heterocycles. The first-order valence-electron chi connectivity index (χ1n) is 6.41. The van der Waals surface area contributed by atoms with Gasteiger partial charge in [-0.25, -0.2) is 12.8 Å². The zero-order valence-electron chi connectivity index (χ0n) is 11.3. The van der Waals surface area contributed by atoms with Crippen LogP contribution in [0.1, 0.15) is 5.56 Å². The minimum Gasteiger partial charge on any atom is -0.492 e. The van der Waals surface area contributed by atoms with Gasteiger partial charge in [0.2, 0.25) is 0 Å². The molecular formula is C15H16FNO3S. The van der Waals surface area contributed by atoms with Crippen molar-refractivity contribution in [2.45, 2.75) is 11.4 Å². The van der Waals surface area contributed by atoms with Gasteiger partial charge in [-0.1, -0.05) is 18.2 Å². The summed E-state index contributed by atoms with van der Waals surface area (Å²) in [6.45, 7) is 0.238. The molecular weight excluding hydrogens is 293 g/mol. The lowest BCUT2D eigenvalue weighted by atomic mass is 10.2. The van der Waals surface area contributed by atoms with E-state index in [1.54, 1.807) is 24.3 Å². The van der Waals surface area contributed by atoms with Gasteiger partial charge in [0, 0.05) is 12.6 Å². The van der Waals surface area contributed by atoms with Crippen molar-refractivity contribution in [1.82, 2.24) is 0 Å². The standard InChI is InChI=1S/C15H16FNO3S/c16-13-4-2-5-14(10-13)20-7-8-21(18,19)15-6-1-3-12(9-15)11-17/h1-6,9-10H,7-8,11,17H2. The summed E-state index contributed by atoms with van der Waals surface area (Å²) < 4.78 is 42.5. The first kappa shape index (κ1) is 15.5. The van der Waals surface area contributed by atoms with Gasteiger partial charge in [0.1, 0.15) is 18.2 Å². The van der Waals surface area contributed by atoms with Crippen molar-refractivity contribution in [3.63, 3.8) is 0 Å². The Morgan fingerprint density at radius 1 is 1.10 bits per heavy atom. The van der Waals surface area contributed by atoms with Crippen molar-refractivity contribution in [3.8, 4) is 5.75 Å². The van der Waals surface area contributed by atoms with Crippen molar-refractivity contribution in [2.75, 3.05) is 12.4 Å². The van der Waals surface area contributed by atoms with Crippen LogP contribution >= 0.6 is 0 Å². The summed E-state index contributed by atoms with van der Waals surface area (Å²) in [7, 11) is -3.45. The SMILES string of the molecule is NCc1cccc(S(=O)(=O)CCOc2cccc(F)c2)c1. The number of rotatable bonds is 6. The molecule has 0 atom stereocenters. The topological polar surface area (TPSA) is 69.4 Å². The number of ether oxygens (including phenoxy) is 1. The minimum absolute atomic E-state index is 0.0430. The Hall–Kier alpha value is -1.92. The molecule has 0 fully saturated rings. The molecule has 2 aromatic rings. The molecule has 0 saturated heterocycles. The number of hydrogen-bond donors (Lipinski definition) is 1. The van der Waals surface area contributed by atoms with Crippen LogP contribution in [0.3, 0.4) is 0 Å². The van der Waals surface area contributed by atoms with Crippen LogP contribution in [-0.4, -0.2) is 20.8 Å². The van der Waals surface area contributed by atoms with Crippen molar-refractivity contribution >= 4 is 9.84 Å². The summed E-state index contributed by atoms with van der Waals surface area (Å²) in [6.07, 6.45) is 0. The van der Waals surface area contributed by atoms with Crippen LogP contribution in [0.2, 0.25) is 0 Å². The minimum atomic E-state index is -3.45. The maximum absolute atomic E-state index is 13.0. The highest BCUT2D eigenvalue weighted by Crippen LogP contribution is 2.15. The molecule has 0 aliphatic rings. The van der Waals surface area contributed by atoms with Crippen LogP contribution in [0.25, 0.3) is 0 Å². The van der Waals surface area contributed by atoms with E-state index in [0.717, 1.165) is 5.56 Å². The first-order valence-corrected chi connectivity index (χ1v) is 8.06. The van der Waals surface area contributed by atoms with Crippen molar-refractivity contribution in [1.29, 1.82) is 0 Å². The van der Waals surface area contributed by atoms with E-state index < -0.39 is 15.7 Å². The second-order valence-corrected chi connectivity index (χ2v) is 6.59. The van der Waals surface area contributed by atoms with E-state index in [4.69, 9.17) is 10.5 Å². The first-order chi connectivity index (χ1) is 10.0. The second-order valence-electron chi connectivity index (χ2n) is 4.48. The van der Waals surface area contributed by atoms with E-state index in [-0.39, 0.29) is 23.8 Å². The molecule has 0 saturated carbocycles. The summed E-state index contributed by atoms with van der Waals surface area (Å²) in [6, 6.07) is 12.1. The van der Waals surface area contributed by atoms with E-state index in [1.807, 2.05) is 0 Å². The fraction of sp³-hybridized carbons (Fsp3) is 0.200. The summed E-state index contributed by atoms with van der Waals surface area (Å²) in [5.74, 6) is -0.302. The quantitative estimate of drug-likeness (QED) is 0.887. The predicted molar refractivity (Wildman–Crippen MR) is 78.3 cm³/mol. The molecule has 0 heterocycles. The normalized spacial score (nSPS) is 11.3. The van der Waals surface area contributed by atoms with Crippen LogP contribution in [-0.2, 0) is 16.4 Å². The van der Waals surface area contributed by atoms with Gasteiger partial charge in [0.05, 0.1) is 10.6 Å². The zero-order chi connectivity index (χ0) is 15.3. The van der Waals surface area contributed by atoms with Gasteiger partial charge in [0.15, 0.2) is 9.84 Å². The van der Waals surface area contributed by atoms with E-state index in [1.165, 1.54) is 24.3 Å². The average Bonchev–Trinajstić information content (AvgIpc) is 2.47. The van der Waals surface area contributed by atoms with Crippen LogP contribution in [0.5, 0.6) is 5.75 Å². The Kier molecular flexibility index (Phi) is 4.93. The van der Waals surface area contributed by atoms with E-state index >= 15 is 0 Å². The molecule has 112 valence electrons. The summed E-state index contributed by atoms with van der Waals surface area (Å²) in [4.78, 5) is 0.216.